The van der Waals surface area contributed by atoms with Crippen LogP contribution in [-0.2, 0) is 16.1 Å². The smallest absolute Gasteiger partial charge is 0.274 e. The maximum absolute atomic E-state index is 12.3. The Kier molecular flexibility index (Phi) is 4.78. The summed E-state index contributed by atoms with van der Waals surface area (Å²) in [4.78, 5) is 36.9. The van der Waals surface area contributed by atoms with Crippen molar-refractivity contribution in [3.63, 3.8) is 0 Å². The minimum absolute atomic E-state index is 0.00659. The first-order valence-corrected chi connectivity index (χ1v) is 8.35. The molecule has 0 bridgehead atoms. The van der Waals surface area contributed by atoms with Gasteiger partial charge >= 0.3 is 0 Å². The molecule has 128 valence electrons. The second-order valence-corrected chi connectivity index (χ2v) is 6.49. The van der Waals surface area contributed by atoms with Gasteiger partial charge in [0.15, 0.2) is 0 Å². The fourth-order valence-electron chi connectivity index (χ4n) is 3.64. The Hall–Kier alpha value is -2.44. The van der Waals surface area contributed by atoms with Crippen molar-refractivity contribution in [3.8, 4) is 0 Å². The number of nitro groups is 1. The number of hydrogen-bond donors (Lipinski definition) is 1. The molecule has 0 aromatic heterocycles. The topological polar surface area (TPSA) is 92.5 Å². The largest absolute Gasteiger partial charge is 0.351 e. The van der Waals surface area contributed by atoms with Gasteiger partial charge in [0.05, 0.1) is 10.8 Å². The molecule has 0 spiro atoms. The van der Waals surface area contributed by atoms with Gasteiger partial charge in [0, 0.05) is 37.2 Å². The van der Waals surface area contributed by atoms with Crippen molar-refractivity contribution >= 4 is 17.5 Å². The lowest BCUT2D eigenvalue weighted by Gasteiger charge is -2.23. The van der Waals surface area contributed by atoms with Gasteiger partial charge in [0.1, 0.15) is 0 Å². The number of benzene rings is 1. The number of nitro benzene ring substituents is 1. The van der Waals surface area contributed by atoms with Crippen LogP contribution in [0.5, 0.6) is 0 Å². The Balaban J connectivity index is 1.58. The van der Waals surface area contributed by atoms with Crippen LogP contribution in [-0.4, -0.2) is 34.2 Å². The molecule has 1 N–H and O–H groups in total. The van der Waals surface area contributed by atoms with Crippen LogP contribution in [0.1, 0.15) is 37.7 Å². The first kappa shape index (κ1) is 16.4. The predicted molar refractivity (Wildman–Crippen MR) is 87.0 cm³/mol. The van der Waals surface area contributed by atoms with Crippen molar-refractivity contribution in [3.05, 3.63) is 39.9 Å². The summed E-state index contributed by atoms with van der Waals surface area (Å²) in [5, 5.41) is 13.7. The van der Waals surface area contributed by atoms with Crippen LogP contribution in [0.4, 0.5) is 5.69 Å². The highest BCUT2D eigenvalue weighted by Gasteiger charge is 2.38. The van der Waals surface area contributed by atoms with E-state index in [0.717, 1.165) is 25.7 Å². The second kappa shape index (κ2) is 6.98. The van der Waals surface area contributed by atoms with Crippen LogP contribution < -0.4 is 5.32 Å². The molecule has 1 saturated carbocycles. The van der Waals surface area contributed by atoms with Gasteiger partial charge in [-0.05, 0) is 12.8 Å². The molecule has 2 aliphatic rings. The van der Waals surface area contributed by atoms with E-state index in [9.17, 15) is 19.7 Å². The molecule has 1 aromatic rings. The average molecular weight is 331 g/mol. The van der Waals surface area contributed by atoms with Gasteiger partial charge in [-0.25, -0.2) is 0 Å². The first-order chi connectivity index (χ1) is 11.6. The van der Waals surface area contributed by atoms with E-state index < -0.39 is 4.92 Å². The van der Waals surface area contributed by atoms with E-state index in [1.54, 1.807) is 18.2 Å². The highest BCUT2D eigenvalue weighted by atomic mass is 16.6. The van der Waals surface area contributed by atoms with Crippen molar-refractivity contribution < 1.29 is 14.5 Å². The molecule has 0 radical (unpaired) electrons. The molecule has 2 amide bonds. The van der Waals surface area contributed by atoms with Crippen LogP contribution in [0.15, 0.2) is 24.3 Å². The summed E-state index contributed by atoms with van der Waals surface area (Å²) in [6.07, 6.45) is 4.57. The monoisotopic (exact) mass is 331 g/mol. The third-order valence-electron chi connectivity index (χ3n) is 4.94. The molecule has 2 fully saturated rings. The Morgan fingerprint density at radius 1 is 1.29 bits per heavy atom. The zero-order valence-electron chi connectivity index (χ0n) is 13.4. The number of carbonyl (C=O) groups excluding carboxylic acids is 2. The van der Waals surface area contributed by atoms with E-state index in [1.807, 2.05) is 4.90 Å². The second-order valence-electron chi connectivity index (χ2n) is 6.49. The van der Waals surface area contributed by atoms with Crippen molar-refractivity contribution in [1.82, 2.24) is 10.2 Å². The lowest BCUT2D eigenvalue weighted by molar-refractivity contribution is -0.385. The highest BCUT2D eigenvalue weighted by molar-refractivity contribution is 5.89. The van der Waals surface area contributed by atoms with E-state index in [1.165, 1.54) is 6.07 Å². The third kappa shape index (κ3) is 3.39. The predicted octanol–water partition coefficient (Wildman–Crippen LogP) is 2.00. The van der Waals surface area contributed by atoms with Gasteiger partial charge < -0.3 is 10.2 Å². The molecule has 3 rings (SSSR count). The minimum atomic E-state index is -0.456. The maximum Gasteiger partial charge on any atom is 0.274 e. The summed E-state index contributed by atoms with van der Waals surface area (Å²) in [7, 11) is 0. The van der Waals surface area contributed by atoms with Crippen LogP contribution in [0.25, 0.3) is 0 Å². The lowest BCUT2D eigenvalue weighted by atomic mass is 10.1. The number of amides is 2. The summed E-state index contributed by atoms with van der Waals surface area (Å²) in [6, 6.07) is 6.63. The number of carbonyl (C=O) groups is 2. The lowest BCUT2D eigenvalue weighted by Crippen LogP contribution is -2.36. The van der Waals surface area contributed by atoms with Crippen LogP contribution >= 0.6 is 0 Å². The van der Waals surface area contributed by atoms with Crippen LogP contribution in [0, 0.1) is 16.0 Å². The number of nitrogens with one attached hydrogen (secondary N) is 1. The third-order valence-corrected chi connectivity index (χ3v) is 4.94. The van der Waals surface area contributed by atoms with E-state index in [0.29, 0.717) is 12.1 Å². The Labute approximate surface area is 140 Å². The van der Waals surface area contributed by atoms with Gasteiger partial charge in [0.25, 0.3) is 5.69 Å². The molecule has 1 aliphatic heterocycles. The van der Waals surface area contributed by atoms with E-state index in [4.69, 9.17) is 0 Å². The van der Waals surface area contributed by atoms with Gasteiger partial charge in [-0.2, -0.15) is 0 Å². The van der Waals surface area contributed by atoms with Gasteiger partial charge in [-0.15, -0.1) is 0 Å². The minimum Gasteiger partial charge on any atom is -0.351 e. The van der Waals surface area contributed by atoms with Crippen molar-refractivity contribution in [2.24, 2.45) is 5.92 Å². The summed E-state index contributed by atoms with van der Waals surface area (Å²) in [5.41, 5.74) is 0.459. The molecule has 1 aromatic carbocycles. The van der Waals surface area contributed by atoms with Gasteiger partial charge in [-0.1, -0.05) is 31.0 Å². The molecule has 7 heteroatoms. The molecule has 24 heavy (non-hydrogen) atoms. The van der Waals surface area contributed by atoms with E-state index in [-0.39, 0.29) is 42.4 Å². The Bertz CT molecular complexity index is 655. The Morgan fingerprint density at radius 2 is 2.00 bits per heavy atom. The van der Waals surface area contributed by atoms with Gasteiger partial charge in [-0.3, -0.25) is 19.7 Å². The molecule has 1 heterocycles. The number of hydrogen-bond acceptors (Lipinski definition) is 4. The number of likely N-dealkylation sites (tertiary alicyclic amines) is 1. The summed E-state index contributed by atoms with van der Waals surface area (Å²) < 4.78 is 0. The number of rotatable bonds is 5. The first-order valence-electron chi connectivity index (χ1n) is 8.35. The zero-order valence-corrected chi connectivity index (χ0v) is 13.4. The van der Waals surface area contributed by atoms with E-state index in [2.05, 4.69) is 5.32 Å². The molecular weight excluding hydrogens is 310 g/mol. The van der Waals surface area contributed by atoms with Crippen molar-refractivity contribution in [2.75, 3.05) is 6.54 Å². The molecule has 1 saturated heterocycles. The quantitative estimate of drug-likeness (QED) is 0.660. The fraction of sp³-hybridized carbons (Fsp3) is 0.529. The normalized spacial score (nSPS) is 21.2. The highest BCUT2D eigenvalue weighted by Crippen LogP contribution is 2.29. The standard InChI is InChI=1S/C17H21N3O4/c21-16-9-13(11-19(16)14-6-2-3-7-14)17(22)18-10-12-5-1-4-8-15(12)20(23)24/h1,4-5,8,13-14H,2-3,6-7,9-11H2,(H,18,22). The summed E-state index contributed by atoms with van der Waals surface area (Å²) in [5.74, 6) is -0.518. The van der Waals surface area contributed by atoms with Crippen LogP contribution in [0.3, 0.4) is 0 Å². The SMILES string of the molecule is O=C(NCc1ccccc1[N+](=O)[O-])C1CC(=O)N(C2CCCC2)C1. The summed E-state index contributed by atoms with van der Waals surface area (Å²) in [6.45, 7) is 0.566. The molecule has 1 aliphatic carbocycles. The summed E-state index contributed by atoms with van der Waals surface area (Å²) >= 11 is 0. The molecular formula is C17H21N3O4. The van der Waals surface area contributed by atoms with E-state index >= 15 is 0 Å². The molecule has 7 nitrogen and oxygen atoms in total. The molecule has 1 atom stereocenters. The maximum atomic E-state index is 12.3. The van der Waals surface area contributed by atoms with Crippen molar-refractivity contribution in [2.45, 2.75) is 44.7 Å². The average Bonchev–Trinajstić information content (AvgIpc) is 3.22. The zero-order chi connectivity index (χ0) is 17.1. The molecule has 1 unspecified atom stereocenters. The van der Waals surface area contributed by atoms with Crippen molar-refractivity contribution in [1.29, 1.82) is 0 Å². The number of nitrogens with zero attached hydrogens (tertiary/aromatic N) is 2. The van der Waals surface area contributed by atoms with Gasteiger partial charge in [0.2, 0.25) is 11.8 Å². The van der Waals surface area contributed by atoms with Crippen LogP contribution in [0.2, 0.25) is 0 Å². The fourth-order valence-corrected chi connectivity index (χ4v) is 3.64. The Morgan fingerprint density at radius 3 is 2.71 bits per heavy atom. The number of para-hydroxylation sites is 1.